The van der Waals surface area contributed by atoms with Gasteiger partial charge in [0.25, 0.3) is 5.91 Å². The number of sulfonamides is 1. The lowest BCUT2D eigenvalue weighted by Crippen LogP contribution is -2.41. The van der Waals surface area contributed by atoms with Gasteiger partial charge in [-0.25, -0.2) is 12.7 Å². The molecule has 2 amide bonds. The second-order valence-electron chi connectivity index (χ2n) is 6.68. The minimum Gasteiger partial charge on any atom is -0.494 e. The predicted octanol–water partition coefficient (Wildman–Crippen LogP) is 2.52. The highest BCUT2D eigenvalue weighted by Crippen LogP contribution is 2.21. The van der Waals surface area contributed by atoms with Crippen LogP contribution in [-0.4, -0.2) is 45.2 Å². The summed E-state index contributed by atoms with van der Waals surface area (Å²) in [7, 11) is -0.857. The topological polar surface area (TPSA) is 105 Å². The molecular formula is C20H24ClN3O5S. The first kappa shape index (κ1) is 23.7. The van der Waals surface area contributed by atoms with E-state index in [1.807, 2.05) is 13.0 Å². The molecule has 0 spiro atoms. The Morgan fingerprint density at radius 2 is 1.83 bits per heavy atom. The van der Waals surface area contributed by atoms with Crippen molar-refractivity contribution in [1.82, 2.24) is 15.2 Å². The van der Waals surface area contributed by atoms with Crippen LogP contribution in [0.15, 0.2) is 47.4 Å². The van der Waals surface area contributed by atoms with Gasteiger partial charge in [0.15, 0.2) is 0 Å². The van der Waals surface area contributed by atoms with Gasteiger partial charge >= 0.3 is 0 Å². The van der Waals surface area contributed by atoms with Crippen LogP contribution in [0, 0.1) is 6.92 Å². The summed E-state index contributed by atoms with van der Waals surface area (Å²) < 4.78 is 30.9. The number of carbonyl (C=O) groups is 2. The van der Waals surface area contributed by atoms with Crippen molar-refractivity contribution < 1.29 is 22.7 Å². The Bertz CT molecular complexity index is 1020. The molecule has 2 N–H and O–H groups in total. The third kappa shape index (κ3) is 6.45. The van der Waals surface area contributed by atoms with Gasteiger partial charge < -0.3 is 4.74 Å². The van der Waals surface area contributed by atoms with Gasteiger partial charge in [0, 0.05) is 31.1 Å². The Kier molecular flexibility index (Phi) is 8.22. The molecular weight excluding hydrogens is 430 g/mol. The lowest BCUT2D eigenvalue weighted by atomic mass is 10.2. The van der Waals surface area contributed by atoms with E-state index in [0.717, 1.165) is 9.87 Å². The van der Waals surface area contributed by atoms with E-state index in [9.17, 15) is 18.0 Å². The van der Waals surface area contributed by atoms with Crippen LogP contribution in [0.25, 0.3) is 0 Å². The zero-order valence-electron chi connectivity index (χ0n) is 16.9. The standard InChI is InChI=1S/C20H24ClN3O5S/c1-14-12-16(9-10-18(14)21)29-11-5-8-19(25)22-23-20(26)15-6-4-7-17(13-15)30(27,28)24(2)3/h4,6-7,9-10,12-13H,5,8,11H2,1-3H3,(H,22,25)(H,23,26). The smallest absolute Gasteiger partial charge is 0.269 e. The average Bonchev–Trinajstić information content (AvgIpc) is 2.71. The summed E-state index contributed by atoms with van der Waals surface area (Å²) in [5.74, 6) is -0.346. The molecule has 0 saturated carbocycles. The van der Waals surface area contributed by atoms with Crippen molar-refractivity contribution in [3.05, 3.63) is 58.6 Å². The molecule has 0 radical (unpaired) electrons. The van der Waals surface area contributed by atoms with Crippen LogP contribution in [0.4, 0.5) is 0 Å². The molecule has 0 aliphatic heterocycles. The lowest BCUT2D eigenvalue weighted by Gasteiger charge is -2.12. The molecule has 162 valence electrons. The zero-order chi connectivity index (χ0) is 22.3. The molecule has 0 fully saturated rings. The van der Waals surface area contributed by atoms with E-state index < -0.39 is 21.8 Å². The monoisotopic (exact) mass is 453 g/mol. The Balaban J connectivity index is 1.79. The number of rotatable bonds is 8. The maximum Gasteiger partial charge on any atom is 0.269 e. The molecule has 0 aliphatic rings. The molecule has 0 unspecified atom stereocenters. The molecule has 0 saturated heterocycles. The fourth-order valence-electron chi connectivity index (χ4n) is 2.40. The summed E-state index contributed by atoms with van der Waals surface area (Å²) in [6.45, 7) is 2.20. The van der Waals surface area contributed by atoms with Gasteiger partial charge in [-0.3, -0.25) is 20.4 Å². The zero-order valence-corrected chi connectivity index (χ0v) is 18.5. The average molecular weight is 454 g/mol. The largest absolute Gasteiger partial charge is 0.494 e. The molecule has 0 aromatic heterocycles. The van der Waals surface area contributed by atoms with Gasteiger partial charge in [-0.2, -0.15) is 0 Å². The van der Waals surface area contributed by atoms with Crippen LogP contribution in [0.3, 0.4) is 0 Å². The number of nitrogens with zero attached hydrogens (tertiary/aromatic N) is 1. The number of hydrogen-bond donors (Lipinski definition) is 2. The van der Waals surface area contributed by atoms with Gasteiger partial charge in [0.2, 0.25) is 15.9 Å². The van der Waals surface area contributed by atoms with Crippen LogP contribution in [0.5, 0.6) is 5.75 Å². The minimum atomic E-state index is -3.66. The number of benzene rings is 2. The summed E-state index contributed by atoms with van der Waals surface area (Å²) in [6, 6.07) is 10.9. The number of nitrogens with one attached hydrogen (secondary N) is 2. The number of aryl methyl sites for hydroxylation is 1. The molecule has 30 heavy (non-hydrogen) atoms. The van der Waals surface area contributed by atoms with Crippen molar-refractivity contribution in [3.63, 3.8) is 0 Å². The van der Waals surface area contributed by atoms with Gasteiger partial charge in [0.05, 0.1) is 11.5 Å². The summed E-state index contributed by atoms with van der Waals surface area (Å²) in [5.41, 5.74) is 5.59. The number of carbonyl (C=O) groups excluding carboxylic acids is 2. The molecule has 0 aliphatic carbocycles. The van der Waals surface area contributed by atoms with Crippen molar-refractivity contribution >= 4 is 33.4 Å². The van der Waals surface area contributed by atoms with Crippen molar-refractivity contribution in [2.24, 2.45) is 0 Å². The first-order chi connectivity index (χ1) is 14.1. The normalized spacial score (nSPS) is 11.2. The highest BCUT2D eigenvalue weighted by molar-refractivity contribution is 7.89. The third-order valence-electron chi connectivity index (χ3n) is 4.14. The number of hydrogen-bond acceptors (Lipinski definition) is 5. The summed E-state index contributed by atoms with van der Waals surface area (Å²) in [5, 5.41) is 0.655. The molecule has 10 heteroatoms. The van der Waals surface area contributed by atoms with E-state index in [-0.39, 0.29) is 16.9 Å². The highest BCUT2D eigenvalue weighted by atomic mass is 35.5. The van der Waals surface area contributed by atoms with E-state index in [4.69, 9.17) is 16.3 Å². The summed E-state index contributed by atoms with van der Waals surface area (Å²) in [6.07, 6.45) is 0.585. The van der Waals surface area contributed by atoms with Crippen molar-refractivity contribution in [1.29, 1.82) is 0 Å². The second-order valence-corrected chi connectivity index (χ2v) is 9.24. The Hall–Kier alpha value is -2.62. The molecule has 0 bridgehead atoms. The maximum absolute atomic E-state index is 12.2. The lowest BCUT2D eigenvalue weighted by molar-refractivity contribution is -0.122. The molecule has 2 aromatic rings. The van der Waals surface area contributed by atoms with Crippen LogP contribution in [0.1, 0.15) is 28.8 Å². The van der Waals surface area contributed by atoms with Gasteiger partial charge in [-0.1, -0.05) is 17.7 Å². The Labute approximate surface area is 181 Å². The summed E-state index contributed by atoms with van der Waals surface area (Å²) in [4.78, 5) is 24.1. The molecule has 2 aromatic carbocycles. The molecule has 0 atom stereocenters. The highest BCUT2D eigenvalue weighted by Gasteiger charge is 2.18. The number of ether oxygens (including phenoxy) is 1. The van der Waals surface area contributed by atoms with Crippen LogP contribution >= 0.6 is 11.6 Å². The first-order valence-electron chi connectivity index (χ1n) is 9.12. The van der Waals surface area contributed by atoms with Gasteiger partial charge in [0.1, 0.15) is 5.75 Å². The van der Waals surface area contributed by atoms with E-state index in [2.05, 4.69) is 10.9 Å². The quantitative estimate of drug-likeness (QED) is 0.472. The number of amides is 2. The van der Waals surface area contributed by atoms with E-state index in [0.29, 0.717) is 23.8 Å². The number of halogens is 1. The van der Waals surface area contributed by atoms with Crippen molar-refractivity contribution in [2.75, 3.05) is 20.7 Å². The van der Waals surface area contributed by atoms with Crippen LogP contribution in [0.2, 0.25) is 5.02 Å². The first-order valence-corrected chi connectivity index (χ1v) is 10.9. The van der Waals surface area contributed by atoms with E-state index in [1.54, 1.807) is 12.1 Å². The minimum absolute atomic E-state index is 0.0129. The molecule has 0 heterocycles. The summed E-state index contributed by atoms with van der Waals surface area (Å²) >= 11 is 5.96. The van der Waals surface area contributed by atoms with Crippen molar-refractivity contribution in [2.45, 2.75) is 24.7 Å². The van der Waals surface area contributed by atoms with Gasteiger partial charge in [-0.05, 0) is 55.3 Å². The maximum atomic E-state index is 12.2. The van der Waals surface area contributed by atoms with Crippen LogP contribution in [-0.2, 0) is 14.8 Å². The van der Waals surface area contributed by atoms with Crippen molar-refractivity contribution in [3.8, 4) is 5.75 Å². The third-order valence-corrected chi connectivity index (χ3v) is 6.37. The van der Waals surface area contributed by atoms with E-state index >= 15 is 0 Å². The number of hydrazine groups is 1. The molecule has 2 rings (SSSR count). The fraction of sp³-hybridized carbons (Fsp3) is 0.300. The van der Waals surface area contributed by atoms with Crippen LogP contribution < -0.4 is 15.6 Å². The Morgan fingerprint density at radius 1 is 1.10 bits per heavy atom. The van der Waals surface area contributed by atoms with Gasteiger partial charge in [-0.15, -0.1) is 0 Å². The Morgan fingerprint density at radius 3 is 2.50 bits per heavy atom. The molecule has 8 nitrogen and oxygen atoms in total. The van der Waals surface area contributed by atoms with E-state index in [1.165, 1.54) is 38.4 Å². The second kappa shape index (κ2) is 10.4. The fourth-order valence-corrected chi connectivity index (χ4v) is 3.47. The SMILES string of the molecule is Cc1cc(OCCCC(=O)NNC(=O)c2cccc(S(=O)(=O)N(C)C)c2)ccc1Cl. The predicted molar refractivity (Wildman–Crippen MR) is 114 cm³/mol.